The predicted octanol–water partition coefficient (Wildman–Crippen LogP) is -1.14. The van der Waals surface area contributed by atoms with Crippen LogP contribution in [-0.2, 0) is 0 Å². The molecule has 0 fully saturated rings. The molecule has 0 aromatic carbocycles. The maximum atomic E-state index is 10.3. The van der Waals surface area contributed by atoms with Crippen molar-refractivity contribution in [3.8, 4) is 0 Å². The average molecular weight is 216 g/mol. The smallest absolute Gasteiger partial charge is 0.312 e. The van der Waals surface area contributed by atoms with E-state index in [1.165, 1.54) is 0 Å². The monoisotopic (exact) mass is 216 g/mol. The molecule has 0 heterocycles. The second-order valence-corrected chi connectivity index (χ2v) is 2.95. The van der Waals surface area contributed by atoms with Gasteiger partial charge in [0.2, 0.25) is 5.96 Å². The summed E-state index contributed by atoms with van der Waals surface area (Å²) in [4.78, 5) is 14.5. The largest absolute Gasteiger partial charge is 0.354 e. The van der Waals surface area contributed by atoms with Gasteiger partial charge in [0.25, 0.3) is 0 Å². The van der Waals surface area contributed by atoms with Gasteiger partial charge in [0.15, 0.2) is 0 Å². The number of aliphatic imine (C=N–C) groups is 1. The number of primary amides is 1. The molecule has 15 heavy (non-hydrogen) atoms. The Morgan fingerprint density at radius 3 is 2.53 bits per heavy atom. The molecule has 88 valence electrons. The molecule has 0 unspecified atom stereocenters. The van der Waals surface area contributed by atoms with Gasteiger partial charge in [-0.15, -0.1) is 0 Å². The molecule has 0 aromatic heterocycles. The predicted molar refractivity (Wildman–Crippen MR) is 60.1 cm³/mol. The molecule has 0 aliphatic carbocycles. The molecule has 0 atom stereocenters. The number of carbonyl (C=O) groups is 1. The minimum absolute atomic E-state index is 0.434. The van der Waals surface area contributed by atoms with Crippen LogP contribution in [0, 0.1) is 0 Å². The third-order valence-corrected chi connectivity index (χ3v) is 1.63. The summed E-state index contributed by atoms with van der Waals surface area (Å²) in [5, 5.41) is 5.37. The Bertz CT molecular complexity index is 205. The summed E-state index contributed by atoms with van der Waals surface area (Å²) in [7, 11) is 0. The van der Waals surface area contributed by atoms with Crippen LogP contribution in [0.15, 0.2) is 4.99 Å². The van der Waals surface area contributed by atoms with E-state index < -0.39 is 6.03 Å². The van der Waals surface area contributed by atoms with E-state index in [1.54, 1.807) is 0 Å². The van der Waals surface area contributed by atoms with Crippen LogP contribution in [0.4, 0.5) is 4.79 Å². The van der Waals surface area contributed by atoms with E-state index >= 15 is 0 Å². The van der Waals surface area contributed by atoms with Crippen molar-refractivity contribution < 1.29 is 4.79 Å². The van der Waals surface area contributed by atoms with Crippen molar-refractivity contribution in [3.63, 3.8) is 0 Å². The molecule has 7 heteroatoms. The van der Waals surface area contributed by atoms with Crippen molar-refractivity contribution in [2.24, 2.45) is 16.6 Å². The highest BCUT2D eigenvalue weighted by Crippen LogP contribution is 1.85. The molecular weight excluding hydrogens is 196 g/mol. The Morgan fingerprint density at radius 1 is 1.33 bits per heavy atom. The Morgan fingerprint density at radius 2 is 2.00 bits per heavy atom. The van der Waals surface area contributed by atoms with Gasteiger partial charge in [0, 0.05) is 19.6 Å². The van der Waals surface area contributed by atoms with Crippen molar-refractivity contribution in [3.05, 3.63) is 0 Å². The van der Waals surface area contributed by atoms with Gasteiger partial charge in [-0.25, -0.2) is 10.6 Å². The first-order valence-electron chi connectivity index (χ1n) is 4.99. The Balaban J connectivity index is 3.60. The molecule has 0 rings (SSSR count). The van der Waals surface area contributed by atoms with E-state index in [0.717, 1.165) is 19.4 Å². The van der Waals surface area contributed by atoms with Crippen LogP contribution < -0.4 is 27.6 Å². The standard InChI is InChI=1S/C8H20N6O/c1-2-3-4-12-8(14-10)13-6-5-11-7(9)15/h2-6,10H2,1H3,(H3,9,11,15)(H2,12,13,14). The summed E-state index contributed by atoms with van der Waals surface area (Å²) in [6.45, 7) is 3.78. The molecular formula is C8H20N6O. The van der Waals surface area contributed by atoms with Gasteiger partial charge < -0.3 is 16.4 Å². The molecule has 0 radical (unpaired) electrons. The third kappa shape index (κ3) is 8.82. The third-order valence-electron chi connectivity index (χ3n) is 1.63. The lowest BCUT2D eigenvalue weighted by atomic mass is 10.3. The van der Waals surface area contributed by atoms with Gasteiger partial charge in [-0.05, 0) is 6.42 Å². The number of carbonyl (C=O) groups excluding carboxylic acids is 1. The average Bonchev–Trinajstić information content (AvgIpc) is 2.21. The number of hydrogen-bond acceptors (Lipinski definition) is 3. The Hall–Kier alpha value is -1.50. The first-order chi connectivity index (χ1) is 7.20. The number of guanidine groups is 1. The molecule has 7 N–H and O–H groups in total. The first-order valence-corrected chi connectivity index (χ1v) is 4.99. The summed E-state index contributed by atoms with van der Waals surface area (Å²) >= 11 is 0. The van der Waals surface area contributed by atoms with Crippen LogP contribution in [0.1, 0.15) is 19.8 Å². The van der Waals surface area contributed by atoms with E-state index in [-0.39, 0.29) is 0 Å². The number of nitrogens with one attached hydrogen (secondary N) is 3. The summed E-state index contributed by atoms with van der Waals surface area (Å²) in [5.74, 6) is 5.76. The van der Waals surface area contributed by atoms with E-state index in [0.29, 0.717) is 19.0 Å². The van der Waals surface area contributed by atoms with Crippen LogP contribution in [0.3, 0.4) is 0 Å². The second kappa shape index (κ2) is 9.07. The number of nitrogens with two attached hydrogens (primary N) is 2. The van der Waals surface area contributed by atoms with Crippen LogP contribution in [0.25, 0.3) is 0 Å². The van der Waals surface area contributed by atoms with Gasteiger partial charge >= 0.3 is 6.03 Å². The highest BCUT2D eigenvalue weighted by Gasteiger charge is 1.95. The molecule has 0 aliphatic rings. The van der Waals surface area contributed by atoms with Gasteiger partial charge in [-0.2, -0.15) is 0 Å². The summed E-state index contributed by atoms with van der Waals surface area (Å²) < 4.78 is 0. The van der Waals surface area contributed by atoms with Crippen LogP contribution in [0.5, 0.6) is 0 Å². The quantitative estimate of drug-likeness (QED) is 0.127. The fourth-order valence-corrected chi connectivity index (χ4v) is 0.868. The van der Waals surface area contributed by atoms with Gasteiger partial charge in [0.1, 0.15) is 0 Å². The maximum absolute atomic E-state index is 10.3. The number of unbranched alkanes of at least 4 members (excludes halogenated alkanes) is 1. The topological polar surface area (TPSA) is 118 Å². The number of hydrogen-bond donors (Lipinski definition) is 5. The number of nitrogens with zero attached hydrogens (tertiary/aromatic N) is 1. The van der Waals surface area contributed by atoms with Crippen LogP contribution in [0.2, 0.25) is 0 Å². The minimum Gasteiger partial charge on any atom is -0.354 e. The fourth-order valence-electron chi connectivity index (χ4n) is 0.868. The Kier molecular flexibility index (Phi) is 8.16. The van der Waals surface area contributed by atoms with Gasteiger partial charge in [-0.1, -0.05) is 13.3 Å². The number of amides is 2. The maximum Gasteiger partial charge on any atom is 0.312 e. The molecule has 0 bridgehead atoms. The van der Waals surface area contributed by atoms with Crippen molar-refractivity contribution in [2.45, 2.75) is 19.8 Å². The lowest BCUT2D eigenvalue weighted by Gasteiger charge is -2.08. The van der Waals surface area contributed by atoms with Crippen LogP contribution >= 0.6 is 0 Å². The van der Waals surface area contributed by atoms with Crippen LogP contribution in [-0.4, -0.2) is 31.6 Å². The molecule has 0 aromatic rings. The highest BCUT2D eigenvalue weighted by molar-refractivity contribution is 5.79. The molecule has 0 saturated heterocycles. The van der Waals surface area contributed by atoms with E-state index in [4.69, 9.17) is 11.6 Å². The highest BCUT2D eigenvalue weighted by atomic mass is 16.2. The molecule has 0 aliphatic heterocycles. The zero-order valence-corrected chi connectivity index (χ0v) is 9.05. The zero-order valence-electron chi connectivity index (χ0n) is 9.05. The Labute approximate surface area is 89.7 Å². The summed E-state index contributed by atoms with van der Waals surface area (Å²) in [6, 6.07) is -0.540. The molecule has 7 nitrogen and oxygen atoms in total. The summed E-state index contributed by atoms with van der Waals surface area (Å²) in [5.41, 5.74) is 7.34. The van der Waals surface area contributed by atoms with Crippen molar-refractivity contribution in [1.82, 2.24) is 16.1 Å². The zero-order chi connectivity index (χ0) is 11.5. The van der Waals surface area contributed by atoms with E-state index in [9.17, 15) is 4.79 Å². The van der Waals surface area contributed by atoms with E-state index in [2.05, 4.69) is 28.0 Å². The first kappa shape index (κ1) is 13.5. The second-order valence-electron chi connectivity index (χ2n) is 2.95. The van der Waals surface area contributed by atoms with Crippen molar-refractivity contribution in [1.29, 1.82) is 0 Å². The number of hydrazine groups is 1. The summed E-state index contributed by atoms with van der Waals surface area (Å²) in [6.07, 6.45) is 2.11. The lowest BCUT2D eigenvalue weighted by molar-refractivity contribution is 0.249. The van der Waals surface area contributed by atoms with Gasteiger partial charge in [-0.3, -0.25) is 10.4 Å². The number of rotatable bonds is 6. The van der Waals surface area contributed by atoms with Crippen molar-refractivity contribution in [2.75, 3.05) is 19.6 Å². The van der Waals surface area contributed by atoms with Crippen molar-refractivity contribution >= 4 is 12.0 Å². The molecule has 0 saturated carbocycles. The van der Waals surface area contributed by atoms with Gasteiger partial charge in [0.05, 0.1) is 0 Å². The SMILES string of the molecule is CCCCN=C(NN)NCCNC(N)=O. The normalized spacial score (nSPS) is 10.9. The minimum atomic E-state index is -0.540. The van der Waals surface area contributed by atoms with E-state index in [1.807, 2.05) is 0 Å². The fraction of sp³-hybridized carbons (Fsp3) is 0.750. The molecule has 0 spiro atoms. The molecule has 2 amide bonds. The number of urea groups is 1. The lowest BCUT2D eigenvalue weighted by Crippen LogP contribution is -2.45.